The normalized spacial score (nSPS) is 21.1. The SMILES string of the molecule is c1ccc(N(c2ccc3c(c2)C2CCC3C2)c2ccc3c(ccc4cc(N(c5ccccc5)c5ccc6c(c5)C5CCC6C5)ccc43)c2)cc1. The van der Waals surface area contributed by atoms with Crippen LogP contribution in [0.4, 0.5) is 34.1 Å². The predicted molar refractivity (Wildman–Crippen MR) is 209 cm³/mol. The van der Waals surface area contributed by atoms with Crippen molar-refractivity contribution in [1.29, 1.82) is 0 Å². The first-order chi connectivity index (χ1) is 24.7. The third-order valence-electron chi connectivity index (χ3n) is 12.6. The van der Waals surface area contributed by atoms with Crippen molar-refractivity contribution in [2.24, 2.45) is 0 Å². The van der Waals surface area contributed by atoms with Crippen LogP contribution in [0.5, 0.6) is 0 Å². The fourth-order valence-corrected chi connectivity index (χ4v) is 10.3. The van der Waals surface area contributed by atoms with Gasteiger partial charge in [0.25, 0.3) is 0 Å². The highest BCUT2D eigenvalue weighted by Gasteiger charge is 2.38. The van der Waals surface area contributed by atoms with Crippen molar-refractivity contribution >= 4 is 55.7 Å². The Labute approximate surface area is 294 Å². The van der Waals surface area contributed by atoms with Crippen LogP contribution in [0.2, 0.25) is 0 Å². The zero-order chi connectivity index (χ0) is 32.8. The Morgan fingerprint density at radius 2 is 0.700 bits per heavy atom. The van der Waals surface area contributed by atoms with Crippen LogP contribution in [-0.4, -0.2) is 0 Å². The van der Waals surface area contributed by atoms with Crippen LogP contribution in [0, 0.1) is 0 Å². The highest BCUT2D eigenvalue weighted by molar-refractivity contribution is 6.09. The summed E-state index contributed by atoms with van der Waals surface area (Å²) >= 11 is 0. The Hall–Kier alpha value is -5.34. The molecule has 4 aliphatic rings. The number of nitrogens with zero attached hydrogens (tertiary/aromatic N) is 2. The number of rotatable bonds is 6. The number of benzene rings is 7. The van der Waals surface area contributed by atoms with E-state index in [0.717, 1.165) is 23.7 Å². The lowest BCUT2D eigenvalue weighted by Crippen LogP contribution is -2.11. The van der Waals surface area contributed by atoms with Crippen LogP contribution >= 0.6 is 0 Å². The molecule has 242 valence electrons. The van der Waals surface area contributed by atoms with E-state index in [1.54, 1.807) is 22.3 Å². The van der Waals surface area contributed by atoms with Gasteiger partial charge in [-0.05, 0) is 179 Å². The van der Waals surface area contributed by atoms with E-state index in [1.807, 2.05) is 0 Å². The number of para-hydroxylation sites is 2. The van der Waals surface area contributed by atoms with Crippen LogP contribution in [0.25, 0.3) is 21.5 Å². The molecule has 50 heavy (non-hydrogen) atoms. The average molecular weight is 645 g/mol. The van der Waals surface area contributed by atoms with Gasteiger partial charge in [0.05, 0.1) is 0 Å². The van der Waals surface area contributed by atoms with E-state index in [2.05, 4.69) is 155 Å². The van der Waals surface area contributed by atoms with Crippen molar-refractivity contribution in [2.75, 3.05) is 9.80 Å². The van der Waals surface area contributed by atoms with Crippen LogP contribution < -0.4 is 9.80 Å². The minimum Gasteiger partial charge on any atom is -0.310 e. The summed E-state index contributed by atoms with van der Waals surface area (Å²) in [5.41, 5.74) is 13.7. The van der Waals surface area contributed by atoms with Gasteiger partial charge in [-0.3, -0.25) is 0 Å². The van der Waals surface area contributed by atoms with Gasteiger partial charge in [0, 0.05) is 34.1 Å². The lowest BCUT2D eigenvalue weighted by Gasteiger charge is -2.28. The van der Waals surface area contributed by atoms with E-state index < -0.39 is 0 Å². The van der Waals surface area contributed by atoms with E-state index in [0.29, 0.717) is 0 Å². The first kappa shape index (κ1) is 28.5. The first-order valence-corrected chi connectivity index (χ1v) is 18.7. The highest BCUT2D eigenvalue weighted by Crippen LogP contribution is 2.55. The van der Waals surface area contributed by atoms with Crippen LogP contribution in [0.3, 0.4) is 0 Å². The molecule has 0 aromatic heterocycles. The van der Waals surface area contributed by atoms with Crippen molar-refractivity contribution in [3.63, 3.8) is 0 Å². The van der Waals surface area contributed by atoms with E-state index in [9.17, 15) is 0 Å². The molecular weight excluding hydrogens is 605 g/mol. The second kappa shape index (κ2) is 11.1. The zero-order valence-corrected chi connectivity index (χ0v) is 28.3. The molecule has 0 spiro atoms. The Morgan fingerprint density at radius 3 is 1.14 bits per heavy atom. The Kier molecular flexibility index (Phi) is 6.32. The maximum Gasteiger partial charge on any atom is 0.0468 e. The molecule has 4 atom stereocenters. The summed E-state index contributed by atoms with van der Waals surface area (Å²) < 4.78 is 0. The molecule has 4 aliphatic carbocycles. The van der Waals surface area contributed by atoms with Crippen molar-refractivity contribution < 1.29 is 0 Å². The fourth-order valence-electron chi connectivity index (χ4n) is 10.3. The summed E-state index contributed by atoms with van der Waals surface area (Å²) in [4.78, 5) is 4.89. The number of hydrogen-bond acceptors (Lipinski definition) is 2. The number of fused-ring (bicyclic) bond motifs is 13. The minimum absolute atomic E-state index is 0.732. The van der Waals surface area contributed by atoms with Gasteiger partial charge in [0.15, 0.2) is 0 Å². The zero-order valence-electron chi connectivity index (χ0n) is 28.3. The topological polar surface area (TPSA) is 6.48 Å². The van der Waals surface area contributed by atoms with Crippen molar-refractivity contribution in [2.45, 2.75) is 62.2 Å². The molecule has 0 aliphatic heterocycles. The van der Waals surface area contributed by atoms with Crippen molar-refractivity contribution in [3.8, 4) is 0 Å². The molecule has 4 bridgehead atoms. The molecule has 11 rings (SSSR count). The van der Waals surface area contributed by atoms with Gasteiger partial charge in [-0.25, -0.2) is 0 Å². The lowest BCUT2D eigenvalue weighted by molar-refractivity contribution is 0.717. The molecule has 2 nitrogen and oxygen atoms in total. The third-order valence-corrected chi connectivity index (χ3v) is 12.6. The molecule has 2 fully saturated rings. The maximum atomic E-state index is 2.49. The van der Waals surface area contributed by atoms with Crippen molar-refractivity contribution in [1.82, 2.24) is 0 Å². The Balaban J connectivity index is 0.998. The van der Waals surface area contributed by atoms with Crippen LogP contribution in [-0.2, 0) is 0 Å². The van der Waals surface area contributed by atoms with E-state index in [-0.39, 0.29) is 0 Å². The van der Waals surface area contributed by atoms with Crippen molar-refractivity contribution in [3.05, 3.63) is 168 Å². The molecule has 2 saturated carbocycles. The Morgan fingerprint density at radius 1 is 0.320 bits per heavy atom. The molecule has 2 heteroatoms. The molecular formula is C48H40N2. The van der Waals surface area contributed by atoms with Gasteiger partial charge in [-0.15, -0.1) is 0 Å². The van der Waals surface area contributed by atoms with E-state index >= 15 is 0 Å². The molecule has 0 radical (unpaired) electrons. The summed E-state index contributed by atoms with van der Waals surface area (Å²) in [6.07, 6.45) is 8.08. The standard InChI is InChI=1S/C48H40N2/c1-3-7-37(8-4-1)49(41-19-23-45-31-11-13-33(25-31)47(45)29-41)39-17-21-43-35(27-39)15-16-36-28-40(18-22-44(36)43)50(38-9-5-2-6-10-38)42-20-24-46-32-12-14-34(26-32)48(46)30-42/h1-10,15-24,27-34H,11-14,25-26H2. The summed E-state index contributed by atoms with van der Waals surface area (Å²) in [7, 11) is 0. The van der Waals surface area contributed by atoms with Gasteiger partial charge in [-0.1, -0.05) is 72.8 Å². The largest absolute Gasteiger partial charge is 0.310 e. The third kappa shape index (κ3) is 4.40. The molecule has 7 aromatic rings. The summed E-state index contributed by atoms with van der Waals surface area (Å²) in [6, 6.07) is 54.9. The predicted octanol–water partition coefficient (Wildman–Crippen LogP) is 13.7. The monoisotopic (exact) mass is 644 g/mol. The van der Waals surface area contributed by atoms with Gasteiger partial charge in [0.2, 0.25) is 0 Å². The van der Waals surface area contributed by atoms with Gasteiger partial charge < -0.3 is 9.80 Å². The summed E-state index contributed by atoms with van der Waals surface area (Å²) in [6.45, 7) is 0. The van der Waals surface area contributed by atoms with E-state index in [1.165, 1.54) is 94.2 Å². The average Bonchev–Trinajstić information content (AvgIpc) is 3.99. The second-order valence-corrected chi connectivity index (χ2v) is 15.3. The van der Waals surface area contributed by atoms with Crippen LogP contribution in [0.1, 0.15) is 84.5 Å². The van der Waals surface area contributed by atoms with Gasteiger partial charge in [-0.2, -0.15) is 0 Å². The molecule has 0 N–H and O–H groups in total. The quantitative estimate of drug-likeness (QED) is 0.166. The second-order valence-electron chi connectivity index (χ2n) is 15.3. The molecule has 0 heterocycles. The minimum atomic E-state index is 0.732. The Bertz CT molecular complexity index is 2260. The number of hydrogen-bond donors (Lipinski definition) is 0. The molecule has 4 unspecified atom stereocenters. The van der Waals surface area contributed by atoms with E-state index in [4.69, 9.17) is 0 Å². The first-order valence-electron chi connectivity index (χ1n) is 18.7. The highest BCUT2D eigenvalue weighted by atomic mass is 15.1. The van der Waals surface area contributed by atoms with Gasteiger partial charge >= 0.3 is 0 Å². The van der Waals surface area contributed by atoms with Crippen LogP contribution in [0.15, 0.2) is 146 Å². The lowest BCUT2D eigenvalue weighted by atomic mass is 9.91. The summed E-state index contributed by atoms with van der Waals surface area (Å²) in [5.74, 6) is 3.01. The maximum absolute atomic E-state index is 2.49. The van der Waals surface area contributed by atoms with Gasteiger partial charge in [0.1, 0.15) is 0 Å². The molecule has 0 saturated heterocycles. The number of anilines is 6. The molecule has 7 aromatic carbocycles. The smallest absolute Gasteiger partial charge is 0.0468 e. The molecule has 0 amide bonds. The summed E-state index contributed by atoms with van der Waals surface area (Å²) in [5, 5.41) is 5.10. The fraction of sp³-hybridized carbons (Fsp3) is 0.208.